The molecule has 5 heteroatoms. The molecule has 0 spiro atoms. The van der Waals surface area contributed by atoms with E-state index in [9.17, 15) is 13.6 Å². The topological polar surface area (TPSA) is 38.3 Å². The Labute approximate surface area is 94.5 Å². The molecule has 1 N–H and O–H groups in total. The molecule has 0 aliphatic heterocycles. The maximum atomic E-state index is 13.2. The van der Waals surface area contributed by atoms with Crippen LogP contribution in [0.5, 0.6) is 0 Å². The van der Waals surface area contributed by atoms with Crippen LogP contribution >= 0.6 is 0 Å². The minimum atomic E-state index is -3.41. The molecule has 0 radical (unpaired) electrons. The Balaban J connectivity index is 2.32. The first kappa shape index (κ1) is 13.4. The van der Waals surface area contributed by atoms with Gasteiger partial charge in [0.05, 0.1) is 13.2 Å². The SMILES string of the molecule is CCOC(=O)C(F)(F)CNC1CCC(C)C1. The Morgan fingerprint density at radius 3 is 2.69 bits per heavy atom. The fraction of sp³-hybridized carbons (Fsp3) is 0.909. The van der Waals surface area contributed by atoms with E-state index in [2.05, 4.69) is 17.0 Å². The number of esters is 1. The van der Waals surface area contributed by atoms with Gasteiger partial charge in [0.15, 0.2) is 0 Å². The number of nitrogens with one attached hydrogen (secondary N) is 1. The van der Waals surface area contributed by atoms with Gasteiger partial charge in [-0.25, -0.2) is 4.79 Å². The fourth-order valence-electron chi connectivity index (χ4n) is 1.97. The Morgan fingerprint density at radius 1 is 1.50 bits per heavy atom. The third kappa shape index (κ3) is 3.70. The molecule has 2 atom stereocenters. The molecule has 3 nitrogen and oxygen atoms in total. The summed E-state index contributed by atoms with van der Waals surface area (Å²) < 4.78 is 30.7. The van der Waals surface area contributed by atoms with Gasteiger partial charge in [-0.2, -0.15) is 8.78 Å². The largest absolute Gasteiger partial charge is 0.462 e. The number of alkyl halides is 2. The lowest BCUT2D eigenvalue weighted by atomic mass is 10.1. The molecule has 1 aliphatic rings. The van der Waals surface area contributed by atoms with Gasteiger partial charge in [-0.05, 0) is 32.1 Å². The highest BCUT2D eigenvalue weighted by Crippen LogP contribution is 2.25. The molecule has 0 bridgehead atoms. The van der Waals surface area contributed by atoms with E-state index < -0.39 is 18.4 Å². The van der Waals surface area contributed by atoms with Crippen molar-refractivity contribution in [1.29, 1.82) is 0 Å². The zero-order valence-corrected chi connectivity index (χ0v) is 9.76. The van der Waals surface area contributed by atoms with Crippen molar-refractivity contribution in [1.82, 2.24) is 5.32 Å². The minimum Gasteiger partial charge on any atom is -0.462 e. The van der Waals surface area contributed by atoms with Gasteiger partial charge in [0.1, 0.15) is 0 Å². The molecule has 0 aromatic rings. The van der Waals surface area contributed by atoms with Crippen molar-refractivity contribution in [3.05, 3.63) is 0 Å². The Kier molecular flexibility index (Phi) is 4.65. The van der Waals surface area contributed by atoms with Crippen LogP contribution in [-0.2, 0) is 9.53 Å². The molecule has 1 aliphatic carbocycles. The lowest BCUT2D eigenvalue weighted by molar-refractivity contribution is -0.170. The van der Waals surface area contributed by atoms with Crippen molar-refractivity contribution in [2.75, 3.05) is 13.2 Å². The van der Waals surface area contributed by atoms with Crippen LogP contribution in [0.4, 0.5) is 8.78 Å². The molecule has 1 fully saturated rings. The van der Waals surface area contributed by atoms with E-state index in [0.717, 1.165) is 19.3 Å². The first-order valence-corrected chi connectivity index (χ1v) is 5.74. The number of carbonyl (C=O) groups excluding carboxylic acids is 1. The second kappa shape index (κ2) is 5.57. The molecule has 2 unspecified atom stereocenters. The zero-order valence-electron chi connectivity index (χ0n) is 9.76. The quantitative estimate of drug-likeness (QED) is 0.740. The van der Waals surface area contributed by atoms with Crippen LogP contribution in [0.3, 0.4) is 0 Å². The standard InChI is InChI=1S/C11H19F2NO2/c1-3-16-10(15)11(12,13)7-14-9-5-4-8(2)6-9/h8-9,14H,3-7H2,1-2H3. The number of ether oxygens (including phenoxy) is 1. The van der Waals surface area contributed by atoms with Gasteiger partial charge >= 0.3 is 11.9 Å². The number of hydrogen-bond donors (Lipinski definition) is 1. The number of halogens is 2. The molecule has 1 rings (SSSR count). The minimum absolute atomic E-state index is 0.0190. The van der Waals surface area contributed by atoms with E-state index in [1.165, 1.54) is 6.92 Å². The average molecular weight is 235 g/mol. The van der Waals surface area contributed by atoms with Crippen LogP contribution < -0.4 is 5.32 Å². The molecular weight excluding hydrogens is 216 g/mol. The van der Waals surface area contributed by atoms with Gasteiger partial charge in [-0.15, -0.1) is 0 Å². The Hall–Kier alpha value is -0.710. The summed E-state index contributed by atoms with van der Waals surface area (Å²) in [4.78, 5) is 10.9. The highest BCUT2D eigenvalue weighted by molar-refractivity contribution is 5.77. The summed E-state index contributed by atoms with van der Waals surface area (Å²) in [5.41, 5.74) is 0. The van der Waals surface area contributed by atoms with Crippen LogP contribution in [-0.4, -0.2) is 31.1 Å². The summed E-state index contributed by atoms with van der Waals surface area (Å²) >= 11 is 0. The third-order valence-corrected chi connectivity index (χ3v) is 2.88. The zero-order chi connectivity index (χ0) is 12.2. The van der Waals surface area contributed by atoms with Gasteiger partial charge < -0.3 is 10.1 Å². The van der Waals surface area contributed by atoms with Crippen LogP contribution in [0.25, 0.3) is 0 Å². The molecule has 0 amide bonds. The molecule has 0 heterocycles. The van der Waals surface area contributed by atoms with Crippen molar-refractivity contribution in [2.45, 2.75) is 45.1 Å². The predicted octanol–water partition coefficient (Wildman–Crippen LogP) is 1.96. The molecule has 94 valence electrons. The fourth-order valence-corrected chi connectivity index (χ4v) is 1.97. The molecule has 1 saturated carbocycles. The Morgan fingerprint density at radius 2 is 2.19 bits per heavy atom. The maximum absolute atomic E-state index is 13.2. The average Bonchev–Trinajstić information content (AvgIpc) is 2.62. The number of hydrogen-bond acceptors (Lipinski definition) is 3. The van der Waals surface area contributed by atoms with Crippen molar-refractivity contribution in [2.24, 2.45) is 5.92 Å². The number of rotatable bonds is 5. The van der Waals surface area contributed by atoms with Gasteiger partial charge in [0, 0.05) is 6.04 Å². The molecule has 0 aromatic heterocycles. The van der Waals surface area contributed by atoms with Gasteiger partial charge in [-0.1, -0.05) is 6.92 Å². The monoisotopic (exact) mass is 235 g/mol. The summed E-state index contributed by atoms with van der Waals surface area (Å²) in [5, 5.41) is 2.74. The van der Waals surface area contributed by atoms with E-state index in [-0.39, 0.29) is 12.6 Å². The lowest BCUT2D eigenvalue weighted by Crippen LogP contribution is -2.44. The van der Waals surface area contributed by atoms with Crippen molar-refractivity contribution in [3.8, 4) is 0 Å². The second-order valence-electron chi connectivity index (χ2n) is 4.42. The lowest BCUT2D eigenvalue weighted by Gasteiger charge is -2.18. The van der Waals surface area contributed by atoms with Crippen LogP contribution in [0.2, 0.25) is 0 Å². The van der Waals surface area contributed by atoms with Crippen molar-refractivity contribution < 1.29 is 18.3 Å². The van der Waals surface area contributed by atoms with Crippen molar-refractivity contribution >= 4 is 5.97 Å². The summed E-state index contributed by atoms with van der Waals surface area (Å²) in [6.07, 6.45) is 2.86. The van der Waals surface area contributed by atoms with E-state index in [0.29, 0.717) is 5.92 Å². The second-order valence-corrected chi connectivity index (χ2v) is 4.42. The van der Waals surface area contributed by atoms with Crippen LogP contribution in [0.1, 0.15) is 33.1 Å². The van der Waals surface area contributed by atoms with E-state index in [1.807, 2.05) is 0 Å². The smallest absolute Gasteiger partial charge is 0.378 e. The van der Waals surface area contributed by atoms with Gasteiger partial charge in [0.2, 0.25) is 0 Å². The first-order chi connectivity index (χ1) is 7.45. The van der Waals surface area contributed by atoms with Gasteiger partial charge in [0.25, 0.3) is 0 Å². The normalized spacial score (nSPS) is 25.8. The Bertz CT molecular complexity index is 246. The molecule has 0 saturated heterocycles. The highest BCUT2D eigenvalue weighted by atomic mass is 19.3. The first-order valence-electron chi connectivity index (χ1n) is 5.74. The molecular formula is C11H19F2NO2. The summed E-state index contributed by atoms with van der Waals surface area (Å²) in [5.74, 6) is -4.27. The van der Waals surface area contributed by atoms with Crippen molar-refractivity contribution in [3.63, 3.8) is 0 Å². The maximum Gasteiger partial charge on any atom is 0.378 e. The van der Waals surface area contributed by atoms with Crippen LogP contribution in [0.15, 0.2) is 0 Å². The molecule has 16 heavy (non-hydrogen) atoms. The summed E-state index contributed by atoms with van der Waals surface area (Å²) in [7, 11) is 0. The van der Waals surface area contributed by atoms with E-state index >= 15 is 0 Å². The third-order valence-electron chi connectivity index (χ3n) is 2.88. The summed E-state index contributed by atoms with van der Waals surface area (Å²) in [6.45, 7) is 2.98. The predicted molar refractivity (Wildman–Crippen MR) is 56.4 cm³/mol. The van der Waals surface area contributed by atoms with Gasteiger partial charge in [-0.3, -0.25) is 0 Å². The number of carbonyl (C=O) groups is 1. The summed E-state index contributed by atoms with van der Waals surface area (Å²) in [6, 6.07) is 0.107. The molecule has 0 aromatic carbocycles. The van der Waals surface area contributed by atoms with E-state index in [4.69, 9.17) is 0 Å². The van der Waals surface area contributed by atoms with Crippen LogP contribution in [0, 0.1) is 5.92 Å². The van der Waals surface area contributed by atoms with E-state index in [1.54, 1.807) is 0 Å². The highest BCUT2D eigenvalue weighted by Gasteiger charge is 2.41.